The summed E-state index contributed by atoms with van der Waals surface area (Å²) in [7, 11) is 0. The molecule has 1 aliphatic rings. The van der Waals surface area contributed by atoms with E-state index < -0.39 is 0 Å². The van der Waals surface area contributed by atoms with E-state index in [2.05, 4.69) is 17.1 Å². The Kier molecular flexibility index (Phi) is 6.68. The Balaban J connectivity index is 1.76. The van der Waals surface area contributed by atoms with E-state index in [1.165, 1.54) is 0 Å². The second-order valence-corrected chi connectivity index (χ2v) is 6.45. The minimum atomic E-state index is 0.0289. The monoisotopic (exact) mass is 324 g/mol. The molecule has 1 aliphatic heterocycles. The molecule has 1 fully saturated rings. The van der Waals surface area contributed by atoms with Gasteiger partial charge >= 0.3 is 0 Å². The molecule has 1 saturated heterocycles. The zero-order chi connectivity index (χ0) is 15.9. The molecule has 1 heterocycles. The standard InChI is InChI=1S/C17H25ClN2O2/c1-13-3-2-4-16(12-21)20(13)11-17(22)19-10-9-14-5-7-15(18)8-6-14/h5-8,13,16,21H,2-4,9-12H2,1H3,(H,19,22). The molecule has 4 nitrogen and oxygen atoms in total. The maximum atomic E-state index is 12.1. The van der Waals surface area contributed by atoms with Gasteiger partial charge in [0, 0.05) is 23.7 Å². The van der Waals surface area contributed by atoms with Crippen LogP contribution in [0.15, 0.2) is 24.3 Å². The average Bonchev–Trinajstić information content (AvgIpc) is 2.51. The quantitative estimate of drug-likeness (QED) is 0.843. The smallest absolute Gasteiger partial charge is 0.234 e. The number of piperidine rings is 1. The van der Waals surface area contributed by atoms with Crippen LogP contribution in [0, 0.1) is 0 Å². The second-order valence-electron chi connectivity index (χ2n) is 6.02. The van der Waals surface area contributed by atoms with Gasteiger partial charge in [-0.15, -0.1) is 0 Å². The lowest BCUT2D eigenvalue weighted by molar-refractivity contribution is -0.124. The van der Waals surface area contributed by atoms with E-state index in [1.54, 1.807) is 0 Å². The topological polar surface area (TPSA) is 52.6 Å². The highest BCUT2D eigenvalue weighted by atomic mass is 35.5. The predicted octanol–water partition coefficient (Wildman–Crippen LogP) is 2.23. The van der Waals surface area contributed by atoms with Gasteiger partial charge in [-0.1, -0.05) is 30.2 Å². The summed E-state index contributed by atoms with van der Waals surface area (Å²) in [6.07, 6.45) is 3.98. The van der Waals surface area contributed by atoms with Crippen LogP contribution in [0.2, 0.25) is 5.02 Å². The highest BCUT2D eigenvalue weighted by Gasteiger charge is 2.28. The second kappa shape index (κ2) is 8.51. The van der Waals surface area contributed by atoms with E-state index >= 15 is 0 Å². The molecule has 2 N–H and O–H groups in total. The Bertz CT molecular complexity index is 478. The van der Waals surface area contributed by atoms with Crippen molar-refractivity contribution in [1.82, 2.24) is 10.2 Å². The van der Waals surface area contributed by atoms with E-state index in [0.29, 0.717) is 19.1 Å². The zero-order valence-corrected chi connectivity index (χ0v) is 13.9. The lowest BCUT2D eigenvalue weighted by atomic mass is 9.97. The van der Waals surface area contributed by atoms with Crippen molar-refractivity contribution in [2.24, 2.45) is 0 Å². The van der Waals surface area contributed by atoms with Crippen molar-refractivity contribution in [1.29, 1.82) is 0 Å². The van der Waals surface area contributed by atoms with Gasteiger partial charge in [-0.2, -0.15) is 0 Å². The van der Waals surface area contributed by atoms with Crippen LogP contribution >= 0.6 is 11.6 Å². The number of carbonyl (C=O) groups is 1. The van der Waals surface area contributed by atoms with E-state index in [-0.39, 0.29) is 18.6 Å². The van der Waals surface area contributed by atoms with Crippen molar-refractivity contribution in [3.05, 3.63) is 34.9 Å². The largest absolute Gasteiger partial charge is 0.395 e. The van der Waals surface area contributed by atoms with E-state index in [1.807, 2.05) is 24.3 Å². The summed E-state index contributed by atoms with van der Waals surface area (Å²) in [6, 6.07) is 8.14. The lowest BCUT2D eigenvalue weighted by Crippen LogP contribution is -2.51. The first kappa shape index (κ1) is 17.3. The number of hydrogen-bond acceptors (Lipinski definition) is 3. The molecule has 5 heteroatoms. The van der Waals surface area contributed by atoms with Crippen molar-refractivity contribution in [2.45, 2.75) is 44.7 Å². The zero-order valence-electron chi connectivity index (χ0n) is 13.1. The van der Waals surface area contributed by atoms with Crippen molar-refractivity contribution >= 4 is 17.5 Å². The maximum Gasteiger partial charge on any atom is 0.234 e. The SMILES string of the molecule is CC1CCCC(CO)N1CC(=O)NCCc1ccc(Cl)cc1. The van der Waals surface area contributed by atoms with Crippen LogP contribution in [0.25, 0.3) is 0 Å². The molecule has 2 unspecified atom stereocenters. The van der Waals surface area contributed by atoms with Gasteiger partial charge in [0.15, 0.2) is 0 Å². The number of carbonyl (C=O) groups excluding carboxylic acids is 1. The Morgan fingerprint density at radius 2 is 2.09 bits per heavy atom. The first-order valence-electron chi connectivity index (χ1n) is 7.98. The van der Waals surface area contributed by atoms with Gasteiger partial charge in [0.05, 0.1) is 13.2 Å². The summed E-state index contributed by atoms with van der Waals surface area (Å²) in [5.41, 5.74) is 1.16. The van der Waals surface area contributed by atoms with Crippen LogP contribution in [0.3, 0.4) is 0 Å². The van der Waals surface area contributed by atoms with Crippen molar-refractivity contribution < 1.29 is 9.90 Å². The summed E-state index contributed by atoms with van der Waals surface area (Å²) in [5, 5.41) is 13.1. The number of likely N-dealkylation sites (tertiary alicyclic amines) is 1. The molecule has 22 heavy (non-hydrogen) atoms. The molecule has 1 amide bonds. The predicted molar refractivity (Wildman–Crippen MR) is 89.1 cm³/mol. The molecule has 0 aromatic heterocycles. The lowest BCUT2D eigenvalue weighted by Gasteiger charge is -2.39. The Hall–Kier alpha value is -1.10. The van der Waals surface area contributed by atoms with Crippen LogP contribution in [0.4, 0.5) is 0 Å². The molecule has 1 aromatic rings. The average molecular weight is 325 g/mol. The van der Waals surface area contributed by atoms with Gasteiger partial charge in [-0.25, -0.2) is 0 Å². The fourth-order valence-corrected chi connectivity index (χ4v) is 3.17. The number of hydrogen-bond donors (Lipinski definition) is 2. The van der Waals surface area contributed by atoms with E-state index in [0.717, 1.165) is 36.3 Å². The summed E-state index contributed by atoms with van der Waals surface area (Å²) in [6.45, 7) is 3.24. The molecule has 0 saturated carbocycles. The molecule has 1 aromatic carbocycles. The number of aliphatic hydroxyl groups is 1. The van der Waals surface area contributed by atoms with Crippen LogP contribution in [0.1, 0.15) is 31.7 Å². The summed E-state index contributed by atoms with van der Waals surface area (Å²) >= 11 is 5.85. The van der Waals surface area contributed by atoms with Crippen LogP contribution < -0.4 is 5.32 Å². The van der Waals surface area contributed by atoms with Gasteiger partial charge < -0.3 is 10.4 Å². The van der Waals surface area contributed by atoms with E-state index in [4.69, 9.17) is 11.6 Å². The Labute approximate surface area is 137 Å². The fraction of sp³-hybridized carbons (Fsp3) is 0.588. The van der Waals surface area contributed by atoms with Crippen LogP contribution in [-0.2, 0) is 11.2 Å². The van der Waals surface area contributed by atoms with Gasteiger partial charge in [0.25, 0.3) is 0 Å². The number of nitrogens with zero attached hydrogens (tertiary/aromatic N) is 1. The molecule has 0 bridgehead atoms. The normalized spacial score (nSPS) is 22.5. The fourth-order valence-electron chi connectivity index (χ4n) is 3.04. The first-order valence-corrected chi connectivity index (χ1v) is 8.35. The Morgan fingerprint density at radius 3 is 2.77 bits per heavy atom. The summed E-state index contributed by atoms with van der Waals surface area (Å²) in [5.74, 6) is 0.0289. The maximum absolute atomic E-state index is 12.1. The summed E-state index contributed by atoms with van der Waals surface area (Å²) in [4.78, 5) is 14.2. The van der Waals surface area contributed by atoms with Crippen LogP contribution in [-0.4, -0.2) is 47.7 Å². The highest BCUT2D eigenvalue weighted by Crippen LogP contribution is 2.21. The summed E-state index contributed by atoms with van der Waals surface area (Å²) < 4.78 is 0. The van der Waals surface area contributed by atoms with Gasteiger partial charge in [-0.05, 0) is 43.9 Å². The minimum absolute atomic E-state index is 0.0289. The number of benzene rings is 1. The molecule has 0 aliphatic carbocycles. The third kappa shape index (κ3) is 4.97. The molecular weight excluding hydrogens is 300 g/mol. The molecule has 2 rings (SSSR count). The van der Waals surface area contributed by atoms with Crippen molar-refractivity contribution in [3.8, 4) is 0 Å². The van der Waals surface area contributed by atoms with Crippen molar-refractivity contribution in [3.63, 3.8) is 0 Å². The van der Waals surface area contributed by atoms with E-state index in [9.17, 15) is 9.90 Å². The first-order chi connectivity index (χ1) is 10.6. The van der Waals surface area contributed by atoms with Crippen molar-refractivity contribution in [2.75, 3.05) is 19.7 Å². The minimum Gasteiger partial charge on any atom is -0.395 e. The third-order valence-corrected chi connectivity index (χ3v) is 4.63. The molecule has 122 valence electrons. The van der Waals surface area contributed by atoms with Gasteiger partial charge in [0.2, 0.25) is 5.91 Å². The third-order valence-electron chi connectivity index (χ3n) is 4.38. The number of halogens is 1. The van der Waals surface area contributed by atoms with Crippen LogP contribution in [0.5, 0.6) is 0 Å². The Morgan fingerprint density at radius 1 is 1.36 bits per heavy atom. The molecule has 2 atom stereocenters. The van der Waals surface area contributed by atoms with Gasteiger partial charge in [0.1, 0.15) is 0 Å². The number of rotatable bonds is 6. The number of amides is 1. The molecule has 0 radical (unpaired) electrons. The molecular formula is C17H25ClN2O2. The molecule has 0 spiro atoms. The van der Waals surface area contributed by atoms with Gasteiger partial charge in [-0.3, -0.25) is 9.69 Å². The number of aliphatic hydroxyl groups excluding tert-OH is 1. The number of nitrogens with one attached hydrogen (secondary N) is 1. The highest BCUT2D eigenvalue weighted by molar-refractivity contribution is 6.30.